The lowest BCUT2D eigenvalue weighted by Crippen LogP contribution is -2.30. The van der Waals surface area contributed by atoms with E-state index in [-0.39, 0.29) is 11.3 Å². The third-order valence-corrected chi connectivity index (χ3v) is 2.76. The van der Waals surface area contributed by atoms with Gasteiger partial charge in [0, 0.05) is 18.1 Å². The Morgan fingerprint density at radius 2 is 2.06 bits per heavy atom. The van der Waals surface area contributed by atoms with Gasteiger partial charge in [-0.15, -0.1) is 0 Å². The molecule has 0 aromatic heterocycles. The minimum atomic E-state index is -4.31. The molecule has 0 aliphatic carbocycles. The zero-order valence-electron chi connectivity index (χ0n) is 9.46. The number of phenolic OH excluding ortho intramolecular Hbond substituents is 1. The summed E-state index contributed by atoms with van der Waals surface area (Å²) in [7, 11) is 1.26. The summed E-state index contributed by atoms with van der Waals surface area (Å²) in [6, 6.07) is 4.20. The highest BCUT2D eigenvalue weighted by Crippen LogP contribution is 2.24. The first-order valence-corrected chi connectivity index (χ1v) is 5.81. The van der Waals surface area contributed by atoms with E-state index in [1.165, 1.54) is 25.2 Å². The van der Waals surface area contributed by atoms with E-state index in [4.69, 9.17) is 0 Å². The number of carbonyl (C=O) groups is 1. The lowest BCUT2D eigenvalue weighted by Gasteiger charge is -2.18. The predicted octanol–water partition coefficient (Wildman–Crippen LogP) is 3.18. The minimum Gasteiger partial charge on any atom is -0.507 e. The zero-order chi connectivity index (χ0) is 13.9. The smallest absolute Gasteiger partial charge is 0.390 e. The van der Waals surface area contributed by atoms with Crippen molar-refractivity contribution in [1.29, 1.82) is 0 Å². The summed E-state index contributed by atoms with van der Waals surface area (Å²) in [5.74, 6) is -0.919. The zero-order valence-corrected chi connectivity index (χ0v) is 11.0. The maximum Gasteiger partial charge on any atom is 0.390 e. The fourth-order valence-electron chi connectivity index (χ4n) is 1.29. The third-order valence-electron chi connectivity index (χ3n) is 2.27. The van der Waals surface area contributed by atoms with Crippen LogP contribution >= 0.6 is 15.9 Å². The molecule has 0 unspecified atom stereocenters. The molecule has 0 atom stereocenters. The van der Waals surface area contributed by atoms with Crippen LogP contribution in [0.2, 0.25) is 0 Å². The summed E-state index contributed by atoms with van der Waals surface area (Å²) in [5, 5.41) is 9.54. The first-order valence-electron chi connectivity index (χ1n) is 5.01. The lowest BCUT2D eigenvalue weighted by molar-refractivity contribution is -0.136. The molecule has 0 bridgehead atoms. The Balaban J connectivity index is 2.74. The van der Waals surface area contributed by atoms with E-state index in [0.717, 1.165) is 4.90 Å². The topological polar surface area (TPSA) is 40.5 Å². The minimum absolute atomic E-state index is 0.0251. The molecule has 7 heteroatoms. The predicted molar refractivity (Wildman–Crippen MR) is 63.4 cm³/mol. The van der Waals surface area contributed by atoms with Gasteiger partial charge in [0.2, 0.25) is 0 Å². The van der Waals surface area contributed by atoms with Gasteiger partial charge in [-0.2, -0.15) is 13.2 Å². The van der Waals surface area contributed by atoms with Crippen LogP contribution in [0.1, 0.15) is 16.8 Å². The second-order valence-electron chi connectivity index (χ2n) is 3.75. The number of alkyl halides is 3. The Bertz CT molecular complexity index is 448. The summed E-state index contributed by atoms with van der Waals surface area (Å²) >= 11 is 3.11. The molecule has 0 radical (unpaired) electrons. The molecule has 0 heterocycles. The number of carbonyl (C=O) groups excluding carboxylic acids is 1. The second-order valence-corrected chi connectivity index (χ2v) is 4.67. The van der Waals surface area contributed by atoms with E-state index in [2.05, 4.69) is 15.9 Å². The van der Waals surface area contributed by atoms with Crippen LogP contribution in [0.4, 0.5) is 13.2 Å². The molecule has 1 rings (SSSR count). The van der Waals surface area contributed by atoms with Gasteiger partial charge in [-0.3, -0.25) is 4.79 Å². The Kier molecular flexibility index (Phi) is 4.61. The number of nitrogens with zero attached hydrogens (tertiary/aromatic N) is 1. The van der Waals surface area contributed by atoms with Crippen LogP contribution in [0.15, 0.2) is 22.7 Å². The van der Waals surface area contributed by atoms with Crippen LogP contribution in [0, 0.1) is 0 Å². The standard InChI is InChI=1S/C11H11BrF3NO2/c1-16(5-4-11(13,14)15)10(18)8-3-2-7(12)6-9(8)17/h2-3,6,17H,4-5H2,1H3. The van der Waals surface area contributed by atoms with Crippen molar-refractivity contribution >= 4 is 21.8 Å². The molecule has 1 aromatic rings. The molecule has 0 saturated heterocycles. The van der Waals surface area contributed by atoms with Gasteiger partial charge < -0.3 is 10.0 Å². The van der Waals surface area contributed by atoms with E-state index in [1.54, 1.807) is 0 Å². The highest BCUT2D eigenvalue weighted by atomic mass is 79.9. The normalized spacial score (nSPS) is 11.4. The van der Waals surface area contributed by atoms with Gasteiger partial charge in [-0.25, -0.2) is 0 Å². The van der Waals surface area contributed by atoms with Gasteiger partial charge in [0.1, 0.15) is 5.75 Å². The average molecular weight is 326 g/mol. The van der Waals surface area contributed by atoms with Gasteiger partial charge >= 0.3 is 6.18 Å². The Hall–Kier alpha value is -1.24. The Morgan fingerprint density at radius 1 is 1.44 bits per heavy atom. The summed E-state index contributed by atoms with van der Waals surface area (Å²) in [4.78, 5) is 12.7. The Morgan fingerprint density at radius 3 is 2.56 bits per heavy atom. The van der Waals surface area contributed by atoms with Crippen LogP contribution in [-0.2, 0) is 0 Å². The van der Waals surface area contributed by atoms with E-state index in [0.29, 0.717) is 4.47 Å². The number of amides is 1. The van der Waals surface area contributed by atoms with Crippen molar-refractivity contribution in [3.63, 3.8) is 0 Å². The number of hydrogen-bond donors (Lipinski definition) is 1. The molecule has 0 saturated carbocycles. The van der Waals surface area contributed by atoms with Crippen molar-refractivity contribution in [2.75, 3.05) is 13.6 Å². The average Bonchev–Trinajstić information content (AvgIpc) is 2.24. The van der Waals surface area contributed by atoms with E-state index < -0.39 is 25.0 Å². The molecule has 0 fully saturated rings. The molecule has 1 amide bonds. The van der Waals surface area contributed by atoms with Crippen molar-refractivity contribution in [1.82, 2.24) is 4.90 Å². The maximum atomic E-state index is 12.0. The van der Waals surface area contributed by atoms with Crippen LogP contribution < -0.4 is 0 Å². The van der Waals surface area contributed by atoms with Crippen LogP contribution in [-0.4, -0.2) is 35.7 Å². The monoisotopic (exact) mass is 325 g/mol. The van der Waals surface area contributed by atoms with Crippen molar-refractivity contribution in [2.24, 2.45) is 0 Å². The summed E-state index contributed by atoms with van der Waals surface area (Å²) < 4.78 is 36.6. The quantitative estimate of drug-likeness (QED) is 0.927. The molecule has 0 aliphatic heterocycles. The molecule has 3 nitrogen and oxygen atoms in total. The van der Waals surface area contributed by atoms with Gasteiger partial charge in [0.25, 0.3) is 5.91 Å². The van der Waals surface area contributed by atoms with E-state index in [9.17, 15) is 23.1 Å². The largest absolute Gasteiger partial charge is 0.507 e. The maximum absolute atomic E-state index is 12.0. The second kappa shape index (κ2) is 5.60. The first-order chi connectivity index (χ1) is 8.20. The molecule has 0 spiro atoms. The van der Waals surface area contributed by atoms with Crippen molar-refractivity contribution in [3.8, 4) is 5.75 Å². The molecule has 100 valence electrons. The van der Waals surface area contributed by atoms with Gasteiger partial charge in [-0.05, 0) is 18.2 Å². The Labute approximate surface area is 110 Å². The van der Waals surface area contributed by atoms with Crippen molar-refractivity contribution in [3.05, 3.63) is 28.2 Å². The number of rotatable bonds is 3. The molecule has 1 N–H and O–H groups in total. The molecule has 1 aromatic carbocycles. The summed E-state index contributed by atoms with van der Waals surface area (Å²) in [6.45, 7) is -0.447. The first kappa shape index (κ1) is 14.8. The fourth-order valence-corrected chi connectivity index (χ4v) is 1.64. The lowest BCUT2D eigenvalue weighted by atomic mass is 10.1. The summed E-state index contributed by atoms with van der Waals surface area (Å²) in [5.41, 5.74) is -0.0251. The van der Waals surface area contributed by atoms with E-state index in [1.807, 2.05) is 0 Å². The SMILES string of the molecule is CN(CCC(F)(F)F)C(=O)c1ccc(Br)cc1O. The van der Waals surface area contributed by atoms with Crippen LogP contribution in [0.25, 0.3) is 0 Å². The van der Waals surface area contributed by atoms with Crippen LogP contribution in [0.3, 0.4) is 0 Å². The number of aromatic hydroxyl groups is 1. The van der Waals surface area contributed by atoms with Crippen molar-refractivity contribution < 1.29 is 23.1 Å². The number of hydrogen-bond acceptors (Lipinski definition) is 2. The molecule has 0 aliphatic rings. The van der Waals surface area contributed by atoms with E-state index >= 15 is 0 Å². The number of phenols is 1. The third kappa shape index (κ3) is 4.21. The van der Waals surface area contributed by atoms with Gasteiger partial charge in [-0.1, -0.05) is 15.9 Å². The van der Waals surface area contributed by atoms with Crippen molar-refractivity contribution in [2.45, 2.75) is 12.6 Å². The highest BCUT2D eigenvalue weighted by molar-refractivity contribution is 9.10. The van der Waals surface area contributed by atoms with Gasteiger partial charge in [0.15, 0.2) is 0 Å². The number of benzene rings is 1. The molecular weight excluding hydrogens is 315 g/mol. The molecule has 18 heavy (non-hydrogen) atoms. The molecular formula is C11H11BrF3NO2. The number of halogens is 4. The van der Waals surface area contributed by atoms with Crippen LogP contribution in [0.5, 0.6) is 5.75 Å². The van der Waals surface area contributed by atoms with Gasteiger partial charge in [0.05, 0.1) is 12.0 Å². The summed E-state index contributed by atoms with van der Waals surface area (Å²) in [6.07, 6.45) is -5.39. The fraction of sp³-hybridized carbons (Fsp3) is 0.364. The highest BCUT2D eigenvalue weighted by Gasteiger charge is 2.28.